The van der Waals surface area contributed by atoms with E-state index in [1.165, 1.54) is 0 Å². The zero-order valence-corrected chi connectivity index (χ0v) is 19.1. The van der Waals surface area contributed by atoms with Crippen molar-refractivity contribution in [2.45, 2.75) is 51.0 Å². The molecule has 1 N–H and O–H groups in total. The highest BCUT2D eigenvalue weighted by Gasteiger charge is 2.31. The number of benzene rings is 1. The average Bonchev–Trinajstić information content (AvgIpc) is 3.66. The number of nitrogens with zero attached hydrogens (tertiary/aromatic N) is 4. The Morgan fingerprint density at radius 1 is 1.12 bits per heavy atom. The molecule has 1 aromatic carbocycles. The zero-order chi connectivity index (χ0) is 22.8. The number of fused-ring (bicyclic) bond motifs is 1. The molecule has 0 radical (unpaired) electrons. The number of carbonyl (C=O) groups excluding carboxylic acids is 2. The number of carbonyl (C=O) groups is 2. The molecule has 33 heavy (non-hydrogen) atoms. The molecule has 0 unspecified atom stereocenters. The molecule has 3 heterocycles. The molecule has 0 bridgehead atoms. The van der Waals surface area contributed by atoms with Crippen LogP contribution in [0.1, 0.15) is 55.7 Å². The predicted molar refractivity (Wildman–Crippen MR) is 127 cm³/mol. The van der Waals surface area contributed by atoms with Gasteiger partial charge in [0, 0.05) is 43.1 Å². The standard InChI is InChI=1S/C26H31N5O2/c1-18(19-7-3-2-4-8-19)26(33)30-15-6-9-21(17-30)23-22-10-5-13-27-24(22)31(29-23)16-14-28-25(32)20-11-12-20/h2-5,7-8,10,13,18,20-21H,6,9,11-12,14-17H2,1H3,(H,28,32)/t18-,21-/m1/s1. The van der Waals surface area contributed by atoms with Crippen LogP contribution in [0.2, 0.25) is 0 Å². The van der Waals surface area contributed by atoms with Crippen molar-refractivity contribution in [3.63, 3.8) is 0 Å². The van der Waals surface area contributed by atoms with Gasteiger partial charge in [-0.1, -0.05) is 30.3 Å². The van der Waals surface area contributed by atoms with Gasteiger partial charge >= 0.3 is 0 Å². The largest absolute Gasteiger partial charge is 0.354 e. The monoisotopic (exact) mass is 445 g/mol. The summed E-state index contributed by atoms with van der Waals surface area (Å²) in [7, 11) is 0. The van der Waals surface area contributed by atoms with E-state index in [0.717, 1.165) is 54.5 Å². The summed E-state index contributed by atoms with van der Waals surface area (Å²) in [6, 6.07) is 14.0. The van der Waals surface area contributed by atoms with Crippen molar-refractivity contribution >= 4 is 22.8 Å². The molecule has 172 valence electrons. The molecule has 1 aliphatic carbocycles. The lowest BCUT2D eigenvalue weighted by Gasteiger charge is -2.34. The van der Waals surface area contributed by atoms with Gasteiger partial charge < -0.3 is 10.2 Å². The fourth-order valence-corrected chi connectivity index (χ4v) is 4.82. The van der Waals surface area contributed by atoms with Crippen molar-refractivity contribution in [2.24, 2.45) is 5.92 Å². The fourth-order valence-electron chi connectivity index (χ4n) is 4.82. The first-order chi connectivity index (χ1) is 16.1. The molecule has 0 spiro atoms. The lowest BCUT2D eigenvalue weighted by Crippen LogP contribution is -2.41. The highest BCUT2D eigenvalue weighted by Crippen LogP contribution is 2.32. The third kappa shape index (κ3) is 4.63. The second kappa shape index (κ2) is 9.33. The Balaban J connectivity index is 1.31. The van der Waals surface area contributed by atoms with Crippen LogP contribution in [-0.4, -0.2) is 51.1 Å². The third-order valence-corrected chi connectivity index (χ3v) is 6.90. The van der Waals surface area contributed by atoms with Crippen molar-refractivity contribution < 1.29 is 9.59 Å². The Morgan fingerprint density at radius 3 is 2.73 bits per heavy atom. The van der Waals surface area contributed by atoms with Crippen molar-refractivity contribution in [1.82, 2.24) is 25.0 Å². The minimum absolute atomic E-state index is 0.147. The summed E-state index contributed by atoms with van der Waals surface area (Å²) in [6.45, 7) is 4.59. The van der Waals surface area contributed by atoms with E-state index in [-0.39, 0.29) is 29.6 Å². The van der Waals surface area contributed by atoms with E-state index in [2.05, 4.69) is 16.4 Å². The number of likely N-dealkylation sites (tertiary alicyclic amines) is 1. The maximum absolute atomic E-state index is 13.3. The van der Waals surface area contributed by atoms with Crippen LogP contribution in [0.3, 0.4) is 0 Å². The lowest BCUT2D eigenvalue weighted by atomic mass is 9.91. The molecule has 1 aliphatic heterocycles. The molecule has 2 aliphatic rings. The molecular weight excluding hydrogens is 414 g/mol. The average molecular weight is 446 g/mol. The summed E-state index contributed by atoms with van der Waals surface area (Å²) in [4.78, 5) is 31.8. The highest BCUT2D eigenvalue weighted by atomic mass is 16.2. The van der Waals surface area contributed by atoms with Gasteiger partial charge in [0.05, 0.1) is 18.2 Å². The summed E-state index contributed by atoms with van der Waals surface area (Å²) in [5.41, 5.74) is 2.91. The van der Waals surface area contributed by atoms with E-state index in [1.807, 2.05) is 52.9 Å². The molecule has 1 saturated heterocycles. The van der Waals surface area contributed by atoms with Gasteiger partial charge in [-0.2, -0.15) is 5.10 Å². The molecule has 2 fully saturated rings. The highest BCUT2D eigenvalue weighted by molar-refractivity contribution is 5.84. The molecule has 7 heteroatoms. The van der Waals surface area contributed by atoms with Crippen LogP contribution in [0.4, 0.5) is 0 Å². The Labute approximate surface area is 194 Å². The third-order valence-electron chi connectivity index (χ3n) is 6.90. The molecule has 2 amide bonds. The van der Waals surface area contributed by atoms with E-state index < -0.39 is 0 Å². The minimum Gasteiger partial charge on any atom is -0.354 e. The molecule has 1 saturated carbocycles. The van der Waals surface area contributed by atoms with Crippen molar-refractivity contribution in [3.8, 4) is 0 Å². The quantitative estimate of drug-likeness (QED) is 0.604. The first-order valence-electron chi connectivity index (χ1n) is 12.0. The first kappa shape index (κ1) is 21.6. The molecule has 7 nitrogen and oxygen atoms in total. The molecule has 3 aromatic rings. The normalized spacial score (nSPS) is 19.4. The van der Waals surface area contributed by atoms with Gasteiger partial charge in [0.1, 0.15) is 0 Å². The fraction of sp³-hybridized carbons (Fsp3) is 0.462. The molecule has 2 atom stereocenters. The molecule has 2 aromatic heterocycles. The van der Waals surface area contributed by atoms with Crippen LogP contribution < -0.4 is 5.32 Å². The van der Waals surface area contributed by atoms with Gasteiger partial charge in [-0.05, 0) is 50.3 Å². The summed E-state index contributed by atoms with van der Waals surface area (Å²) < 4.78 is 1.91. The van der Waals surface area contributed by atoms with E-state index in [9.17, 15) is 9.59 Å². The van der Waals surface area contributed by atoms with Gasteiger partial charge in [0.15, 0.2) is 5.65 Å². The summed E-state index contributed by atoms with van der Waals surface area (Å²) in [5.74, 6) is 0.553. The Kier molecular flexibility index (Phi) is 6.11. The Hall–Kier alpha value is -3.22. The van der Waals surface area contributed by atoms with Crippen LogP contribution >= 0.6 is 0 Å². The SMILES string of the molecule is C[C@@H](C(=O)N1CCC[C@@H](c2nn(CCNC(=O)C3CC3)c3ncccc23)C1)c1ccccc1. The van der Waals surface area contributed by atoms with Crippen LogP contribution in [0.5, 0.6) is 0 Å². The van der Waals surface area contributed by atoms with E-state index in [0.29, 0.717) is 19.6 Å². The molecular formula is C26H31N5O2. The van der Waals surface area contributed by atoms with Crippen molar-refractivity contribution in [3.05, 3.63) is 59.9 Å². The Bertz CT molecular complexity index is 1140. The van der Waals surface area contributed by atoms with Crippen LogP contribution in [0.15, 0.2) is 48.7 Å². The topological polar surface area (TPSA) is 80.1 Å². The smallest absolute Gasteiger partial charge is 0.229 e. The van der Waals surface area contributed by atoms with Gasteiger partial charge in [-0.25, -0.2) is 9.67 Å². The van der Waals surface area contributed by atoms with Gasteiger partial charge in [-0.3, -0.25) is 9.59 Å². The summed E-state index contributed by atoms with van der Waals surface area (Å²) in [5, 5.41) is 8.99. The number of pyridine rings is 1. The number of piperidine rings is 1. The number of hydrogen-bond donors (Lipinski definition) is 1. The van der Waals surface area contributed by atoms with E-state index in [1.54, 1.807) is 6.20 Å². The summed E-state index contributed by atoms with van der Waals surface area (Å²) >= 11 is 0. The van der Waals surface area contributed by atoms with E-state index >= 15 is 0 Å². The first-order valence-corrected chi connectivity index (χ1v) is 12.0. The molecule has 5 rings (SSSR count). The lowest BCUT2D eigenvalue weighted by molar-refractivity contribution is -0.133. The maximum atomic E-state index is 13.3. The predicted octanol–water partition coefficient (Wildman–Crippen LogP) is 3.47. The van der Waals surface area contributed by atoms with Crippen molar-refractivity contribution in [1.29, 1.82) is 0 Å². The minimum atomic E-state index is -0.156. The summed E-state index contributed by atoms with van der Waals surface area (Å²) in [6.07, 6.45) is 5.75. The Morgan fingerprint density at radius 2 is 1.94 bits per heavy atom. The van der Waals surface area contributed by atoms with Crippen LogP contribution in [0.25, 0.3) is 11.0 Å². The number of aromatic nitrogens is 3. The number of nitrogens with one attached hydrogen (secondary N) is 1. The van der Waals surface area contributed by atoms with Gasteiger partial charge in [0.2, 0.25) is 11.8 Å². The second-order valence-electron chi connectivity index (χ2n) is 9.30. The van der Waals surface area contributed by atoms with Gasteiger partial charge in [-0.15, -0.1) is 0 Å². The van der Waals surface area contributed by atoms with Gasteiger partial charge in [0.25, 0.3) is 0 Å². The number of hydrogen-bond acceptors (Lipinski definition) is 4. The second-order valence-corrected chi connectivity index (χ2v) is 9.30. The number of amides is 2. The zero-order valence-electron chi connectivity index (χ0n) is 19.1. The van der Waals surface area contributed by atoms with Crippen molar-refractivity contribution in [2.75, 3.05) is 19.6 Å². The van der Waals surface area contributed by atoms with Crippen LogP contribution in [0, 0.1) is 5.92 Å². The van der Waals surface area contributed by atoms with E-state index in [4.69, 9.17) is 5.10 Å². The maximum Gasteiger partial charge on any atom is 0.229 e. The van der Waals surface area contributed by atoms with Crippen LogP contribution in [-0.2, 0) is 16.1 Å². The number of rotatable bonds is 7.